The lowest BCUT2D eigenvalue weighted by atomic mass is 9.97. The first-order valence-electron chi connectivity index (χ1n) is 8.83. The average Bonchev–Trinajstić information content (AvgIpc) is 3.02. The predicted molar refractivity (Wildman–Crippen MR) is 96.1 cm³/mol. The number of rotatable bonds is 8. The van der Waals surface area contributed by atoms with Gasteiger partial charge < -0.3 is 15.0 Å². The summed E-state index contributed by atoms with van der Waals surface area (Å²) in [6.45, 7) is 2.12. The van der Waals surface area contributed by atoms with Crippen LogP contribution in [0.2, 0.25) is 0 Å². The number of amides is 1. The monoisotopic (exact) mass is 383 g/mol. The molecule has 2 N–H and O–H groups in total. The molecule has 148 valence electrons. The number of hydrogen-bond donors (Lipinski definition) is 2. The number of anilines is 1. The Kier molecular flexibility index (Phi) is 6.64. The molecular weight excluding hydrogens is 359 g/mol. The van der Waals surface area contributed by atoms with Gasteiger partial charge >= 0.3 is 6.18 Å². The zero-order valence-corrected chi connectivity index (χ0v) is 15.4. The van der Waals surface area contributed by atoms with E-state index >= 15 is 0 Å². The van der Waals surface area contributed by atoms with E-state index in [1.165, 1.54) is 13.2 Å². The van der Waals surface area contributed by atoms with E-state index in [9.17, 15) is 23.1 Å². The zero-order chi connectivity index (χ0) is 20.1. The zero-order valence-electron chi connectivity index (χ0n) is 15.4. The molecule has 0 spiro atoms. The third kappa shape index (κ3) is 5.09. The lowest BCUT2D eigenvalue weighted by molar-refractivity contribution is -0.270. The fourth-order valence-electron chi connectivity index (χ4n) is 2.84. The first-order valence-corrected chi connectivity index (χ1v) is 8.83. The van der Waals surface area contributed by atoms with Crippen LogP contribution in [-0.4, -0.2) is 26.7 Å². The number of hydrogen-bond acceptors (Lipinski definition) is 3. The molecule has 0 radical (unpaired) electrons. The van der Waals surface area contributed by atoms with E-state index in [1.807, 2.05) is 12.1 Å². The molecule has 0 fully saturated rings. The van der Waals surface area contributed by atoms with Crippen LogP contribution in [0.15, 0.2) is 36.7 Å². The number of alkyl halides is 3. The minimum Gasteiger partial charge on any atom is -0.374 e. The van der Waals surface area contributed by atoms with Crippen LogP contribution in [0.5, 0.6) is 0 Å². The summed E-state index contributed by atoms with van der Waals surface area (Å²) in [6.07, 6.45) is 0.405. The number of imidazole rings is 1. The Labute approximate surface area is 156 Å². The van der Waals surface area contributed by atoms with Crippen molar-refractivity contribution in [1.82, 2.24) is 9.55 Å². The van der Waals surface area contributed by atoms with E-state index in [-0.39, 0.29) is 0 Å². The molecule has 27 heavy (non-hydrogen) atoms. The van der Waals surface area contributed by atoms with Crippen molar-refractivity contribution in [3.63, 3.8) is 0 Å². The lowest BCUT2D eigenvalue weighted by Gasteiger charge is -2.29. The van der Waals surface area contributed by atoms with Gasteiger partial charge in [0, 0.05) is 25.1 Å². The predicted octanol–water partition coefficient (Wildman–Crippen LogP) is 3.93. The summed E-state index contributed by atoms with van der Waals surface area (Å²) < 4.78 is 41.4. The molecule has 2 aromatic rings. The molecule has 1 atom stereocenters. The van der Waals surface area contributed by atoms with Crippen LogP contribution in [0.25, 0.3) is 0 Å². The van der Waals surface area contributed by atoms with Crippen molar-refractivity contribution in [2.75, 3.05) is 5.32 Å². The Hall–Kier alpha value is -2.35. The molecule has 1 aromatic carbocycles. The molecule has 5 nitrogen and oxygen atoms in total. The molecule has 0 aliphatic rings. The number of nitrogens with zero attached hydrogens (tertiary/aromatic N) is 2. The molecule has 0 saturated carbocycles. The third-order valence-corrected chi connectivity index (χ3v) is 4.38. The standard InChI is InChI=1S/C19H24F3N3O2/c1-3-4-5-6-14-7-9-15(10-8-14)24-16(26)13-18(27,19(20,21)22)17-23-11-12-25(17)2/h7-12,27H,3-6,13H2,1-2H3,(H,24,26). The van der Waals surface area contributed by atoms with Crippen molar-refractivity contribution < 1.29 is 23.1 Å². The summed E-state index contributed by atoms with van der Waals surface area (Å²) in [5, 5.41) is 12.6. The van der Waals surface area contributed by atoms with Crippen LogP contribution in [0.1, 0.15) is 44.0 Å². The Morgan fingerprint density at radius 3 is 2.41 bits per heavy atom. The van der Waals surface area contributed by atoms with Gasteiger partial charge in [-0.05, 0) is 30.5 Å². The van der Waals surface area contributed by atoms with Crippen LogP contribution >= 0.6 is 0 Å². The van der Waals surface area contributed by atoms with Crippen molar-refractivity contribution in [2.24, 2.45) is 7.05 Å². The van der Waals surface area contributed by atoms with Crippen molar-refractivity contribution in [3.8, 4) is 0 Å². The molecule has 0 aliphatic carbocycles. The second-order valence-electron chi connectivity index (χ2n) is 6.60. The van der Waals surface area contributed by atoms with E-state index < -0.39 is 29.9 Å². The van der Waals surface area contributed by atoms with Gasteiger partial charge in [-0.2, -0.15) is 13.2 Å². The molecule has 1 aromatic heterocycles. The normalized spacial score (nSPS) is 14.0. The van der Waals surface area contributed by atoms with E-state index in [0.717, 1.165) is 42.0 Å². The number of carbonyl (C=O) groups excluding carboxylic acids is 1. The molecule has 1 heterocycles. The van der Waals surface area contributed by atoms with Crippen LogP contribution < -0.4 is 5.32 Å². The largest absolute Gasteiger partial charge is 0.425 e. The Morgan fingerprint density at radius 1 is 1.22 bits per heavy atom. The van der Waals surface area contributed by atoms with E-state index in [4.69, 9.17) is 0 Å². The van der Waals surface area contributed by atoms with E-state index in [0.29, 0.717) is 5.69 Å². The second-order valence-corrected chi connectivity index (χ2v) is 6.60. The second kappa shape index (κ2) is 8.56. The molecule has 0 bridgehead atoms. The molecule has 0 saturated heterocycles. The van der Waals surface area contributed by atoms with E-state index in [2.05, 4.69) is 17.2 Å². The van der Waals surface area contributed by atoms with Crippen molar-refractivity contribution >= 4 is 11.6 Å². The topological polar surface area (TPSA) is 67.2 Å². The van der Waals surface area contributed by atoms with E-state index in [1.54, 1.807) is 12.1 Å². The highest BCUT2D eigenvalue weighted by Gasteiger charge is 2.58. The van der Waals surface area contributed by atoms with Crippen LogP contribution in [-0.2, 0) is 23.9 Å². The van der Waals surface area contributed by atoms with Crippen LogP contribution in [0.3, 0.4) is 0 Å². The number of aryl methyl sites for hydroxylation is 2. The van der Waals surface area contributed by atoms with Gasteiger partial charge in [-0.25, -0.2) is 4.98 Å². The highest BCUT2D eigenvalue weighted by molar-refractivity contribution is 5.91. The van der Waals surface area contributed by atoms with Gasteiger partial charge in [0.2, 0.25) is 11.5 Å². The van der Waals surface area contributed by atoms with Crippen molar-refractivity contribution in [2.45, 2.75) is 50.8 Å². The third-order valence-electron chi connectivity index (χ3n) is 4.38. The minimum atomic E-state index is -5.05. The van der Waals surface area contributed by atoms with Crippen LogP contribution in [0, 0.1) is 0 Å². The summed E-state index contributed by atoms with van der Waals surface area (Å²) in [5.41, 5.74) is -1.89. The number of benzene rings is 1. The number of aromatic nitrogens is 2. The first-order chi connectivity index (χ1) is 12.7. The molecule has 8 heteroatoms. The minimum absolute atomic E-state index is 0.378. The highest BCUT2D eigenvalue weighted by atomic mass is 19.4. The maximum atomic E-state index is 13.5. The highest BCUT2D eigenvalue weighted by Crippen LogP contribution is 2.40. The Balaban J connectivity index is 2.07. The van der Waals surface area contributed by atoms with Crippen molar-refractivity contribution in [3.05, 3.63) is 48.0 Å². The Bertz CT molecular complexity index is 756. The summed E-state index contributed by atoms with van der Waals surface area (Å²) in [4.78, 5) is 15.7. The fourth-order valence-corrected chi connectivity index (χ4v) is 2.84. The Morgan fingerprint density at radius 2 is 1.89 bits per heavy atom. The summed E-state index contributed by atoms with van der Waals surface area (Å²) in [7, 11) is 1.33. The number of halogens is 3. The fraction of sp³-hybridized carbons (Fsp3) is 0.474. The van der Waals surface area contributed by atoms with Gasteiger partial charge in [0.1, 0.15) is 0 Å². The van der Waals surface area contributed by atoms with Gasteiger partial charge in [0.25, 0.3) is 0 Å². The SMILES string of the molecule is CCCCCc1ccc(NC(=O)CC(O)(c2nccn2C)C(F)(F)F)cc1. The molecule has 1 amide bonds. The smallest absolute Gasteiger partial charge is 0.374 e. The van der Waals surface area contributed by atoms with Gasteiger partial charge in [-0.15, -0.1) is 0 Å². The number of nitrogens with one attached hydrogen (secondary N) is 1. The van der Waals surface area contributed by atoms with Crippen molar-refractivity contribution in [1.29, 1.82) is 0 Å². The molecule has 0 aliphatic heterocycles. The first kappa shape index (κ1) is 21.0. The van der Waals surface area contributed by atoms with Crippen LogP contribution in [0.4, 0.5) is 18.9 Å². The molecule has 1 unspecified atom stereocenters. The average molecular weight is 383 g/mol. The van der Waals surface area contributed by atoms with Gasteiger partial charge in [-0.3, -0.25) is 4.79 Å². The maximum Gasteiger partial charge on any atom is 0.425 e. The number of aliphatic hydroxyl groups is 1. The molecular formula is C19H24F3N3O2. The maximum absolute atomic E-state index is 13.5. The lowest BCUT2D eigenvalue weighted by Crippen LogP contribution is -2.46. The number of unbranched alkanes of at least 4 members (excludes halogenated alkanes) is 2. The summed E-state index contributed by atoms with van der Waals surface area (Å²) >= 11 is 0. The summed E-state index contributed by atoms with van der Waals surface area (Å²) in [5.74, 6) is -1.58. The van der Waals surface area contributed by atoms with Gasteiger partial charge in [0.05, 0.1) is 6.42 Å². The molecule has 2 rings (SSSR count). The van der Waals surface area contributed by atoms with Gasteiger partial charge in [0.15, 0.2) is 5.82 Å². The number of carbonyl (C=O) groups is 1. The van der Waals surface area contributed by atoms with Gasteiger partial charge in [-0.1, -0.05) is 31.9 Å². The summed E-state index contributed by atoms with van der Waals surface area (Å²) in [6, 6.07) is 6.96. The quantitative estimate of drug-likeness (QED) is 0.679.